The zero-order valence-corrected chi connectivity index (χ0v) is 28.1. The minimum Gasteiger partial charge on any atom is -1.00 e. The second-order valence-corrected chi connectivity index (χ2v) is 12.6. The van der Waals surface area contributed by atoms with E-state index in [1.807, 2.05) is 45.2 Å². The van der Waals surface area contributed by atoms with E-state index >= 15 is 0 Å². The molecule has 33 heavy (non-hydrogen) atoms. The number of para-hydroxylation sites is 1. The van der Waals surface area contributed by atoms with E-state index < -0.39 is 36.1 Å². The van der Waals surface area contributed by atoms with Crippen molar-refractivity contribution in [3.8, 4) is 5.75 Å². The number of halogens is 3. The van der Waals surface area contributed by atoms with Crippen LogP contribution in [0.3, 0.4) is 0 Å². The molecule has 10 nitrogen and oxygen atoms in total. The monoisotopic (exact) mass is 870 g/mol. The van der Waals surface area contributed by atoms with Crippen molar-refractivity contribution in [1.29, 1.82) is 0 Å². The number of aromatic carboxylic acids is 1. The molecule has 0 bridgehead atoms. The summed E-state index contributed by atoms with van der Waals surface area (Å²) in [5.74, 6) is -2.16. The standard InChI is InChI=1S/C10H8I3NO3.C8H10AsNO5.Na.H/c1-3(15)4-6(11)5(10(16)17)8(13)9(14-2)7(4)12;1-5(11)10-7-4-2-3-6(8(7)12)9(13,14)15;;/h14H,1-2H3,(H,16,17);2-4,12H,1H3,(H,10,11)(H2,13,14,15);;/q;;+1;-1. The van der Waals surface area contributed by atoms with Crippen molar-refractivity contribution in [2.75, 3.05) is 17.7 Å². The molecule has 0 atom stereocenters. The second-order valence-electron chi connectivity index (χ2n) is 6.08. The van der Waals surface area contributed by atoms with E-state index in [9.17, 15) is 28.3 Å². The van der Waals surface area contributed by atoms with Crippen LogP contribution in [0.4, 0.5) is 11.4 Å². The normalized spacial score (nSPS) is 10.3. The molecule has 0 saturated carbocycles. The van der Waals surface area contributed by atoms with Gasteiger partial charge in [0.15, 0.2) is 5.78 Å². The first-order valence-corrected chi connectivity index (χ1v) is 15.0. The third-order valence-corrected chi connectivity index (χ3v) is 9.08. The number of hydrogen-bond acceptors (Lipinski definition) is 6. The van der Waals surface area contributed by atoms with Crippen molar-refractivity contribution in [2.24, 2.45) is 0 Å². The molecule has 15 heteroatoms. The third-order valence-electron chi connectivity index (χ3n) is 3.77. The van der Waals surface area contributed by atoms with Gasteiger partial charge in [0, 0.05) is 19.8 Å². The Hall–Kier alpha value is 0.118. The first kappa shape index (κ1) is 33.1. The predicted octanol–water partition coefficient (Wildman–Crippen LogP) is -0.529. The summed E-state index contributed by atoms with van der Waals surface area (Å²) in [6.45, 7) is 2.67. The molecule has 176 valence electrons. The van der Waals surface area contributed by atoms with Crippen molar-refractivity contribution in [3.63, 3.8) is 0 Å². The zero-order valence-electron chi connectivity index (χ0n) is 18.7. The number of aromatic hydroxyl groups is 1. The molecule has 0 aliphatic heterocycles. The molecule has 0 fully saturated rings. The Bertz CT molecular complexity index is 1110. The number of carbonyl (C=O) groups excluding carboxylic acids is 2. The van der Waals surface area contributed by atoms with E-state index in [1.165, 1.54) is 26.0 Å². The fraction of sp³-hybridized carbons (Fsp3) is 0.167. The van der Waals surface area contributed by atoms with Gasteiger partial charge in [-0.05, 0) is 74.7 Å². The van der Waals surface area contributed by atoms with Gasteiger partial charge in [-0.2, -0.15) is 0 Å². The Morgan fingerprint density at radius 3 is 1.91 bits per heavy atom. The second kappa shape index (κ2) is 14.0. The summed E-state index contributed by atoms with van der Waals surface area (Å²) in [5, 5.41) is 23.9. The number of anilines is 2. The molecule has 2 rings (SSSR count). The number of amides is 1. The molecule has 0 aliphatic carbocycles. The number of hydrogen-bond donors (Lipinski definition) is 6. The summed E-state index contributed by atoms with van der Waals surface area (Å²) in [6, 6.07) is 3.83. The summed E-state index contributed by atoms with van der Waals surface area (Å²) < 4.78 is 30.3. The molecule has 0 spiro atoms. The van der Waals surface area contributed by atoms with Gasteiger partial charge < -0.3 is 11.8 Å². The van der Waals surface area contributed by atoms with Gasteiger partial charge in [0.05, 0.1) is 14.8 Å². The maximum Gasteiger partial charge on any atom is 1.00 e. The summed E-state index contributed by atoms with van der Waals surface area (Å²) in [5.41, 5.74) is 1.33. The summed E-state index contributed by atoms with van der Waals surface area (Å²) in [6.07, 6.45) is 0. The molecule has 2 aromatic carbocycles. The van der Waals surface area contributed by atoms with Crippen LogP contribution < -0.4 is 44.5 Å². The van der Waals surface area contributed by atoms with Crippen LogP contribution >= 0.6 is 67.8 Å². The Morgan fingerprint density at radius 1 is 1.00 bits per heavy atom. The number of carboxylic acids is 1. The minimum absolute atomic E-state index is 0. The first-order valence-electron chi connectivity index (χ1n) is 8.43. The van der Waals surface area contributed by atoms with Gasteiger partial charge >= 0.3 is 124 Å². The fourth-order valence-corrected chi connectivity index (χ4v) is 8.78. The van der Waals surface area contributed by atoms with Crippen molar-refractivity contribution in [1.82, 2.24) is 0 Å². The van der Waals surface area contributed by atoms with Gasteiger partial charge in [0.1, 0.15) is 0 Å². The molecule has 2 aromatic rings. The quantitative estimate of drug-likeness (QED) is 0.100. The fourth-order valence-electron chi connectivity index (χ4n) is 2.44. The van der Waals surface area contributed by atoms with Crippen LogP contribution in [0.25, 0.3) is 0 Å². The Morgan fingerprint density at radius 2 is 1.52 bits per heavy atom. The van der Waals surface area contributed by atoms with Crippen LogP contribution in [-0.2, 0) is 8.53 Å². The average Bonchev–Trinajstić information content (AvgIpc) is 2.62. The van der Waals surface area contributed by atoms with Gasteiger partial charge in [0.25, 0.3) is 0 Å². The van der Waals surface area contributed by atoms with Crippen LogP contribution in [0.2, 0.25) is 0 Å². The summed E-state index contributed by atoms with van der Waals surface area (Å²) in [7, 11) is 1.71. The number of benzene rings is 2. The maximum absolute atomic E-state index is 11.6. The number of rotatable bonds is 5. The van der Waals surface area contributed by atoms with Crippen molar-refractivity contribution < 1.29 is 67.5 Å². The van der Waals surface area contributed by atoms with E-state index in [1.54, 1.807) is 7.05 Å². The van der Waals surface area contributed by atoms with E-state index in [4.69, 9.17) is 8.19 Å². The molecule has 0 unspecified atom stereocenters. The topological polar surface area (TPSA) is 173 Å². The Kier molecular flexibility index (Phi) is 14.1. The first-order chi connectivity index (χ1) is 14.6. The van der Waals surface area contributed by atoms with Gasteiger partial charge in [-0.3, -0.25) is 4.79 Å². The Labute approximate surface area is 256 Å². The SMILES string of the molecule is CC(=O)Nc1cccc([As](=O)(O)O)c1O.CNc1c(I)c(C(C)=O)c(I)c(C(=O)O)c1I.[H-].[Na+]. The Balaban J connectivity index is 0. The molecular formula is C18H19AsI3N2NaO8. The number of phenolic OH excluding ortho intramolecular Hbond substituents is 1. The van der Waals surface area contributed by atoms with Crippen LogP contribution in [0.15, 0.2) is 18.2 Å². The number of carboxylic acid groups (broad SMARTS) is 1. The van der Waals surface area contributed by atoms with Gasteiger partial charge in [0.2, 0.25) is 0 Å². The average molecular weight is 870 g/mol. The molecule has 0 radical (unpaired) electrons. The van der Waals surface area contributed by atoms with Crippen LogP contribution in [0.5, 0.6) is 5.75 Å². The third kappa shape index (κ3) is 8.63. The van der Waals surface area contributed by atoms with Crippen molar-refractivity contribution in [2.45, 2.75) is 13.8 Å². The van der Waals surface area contributed by atoms with Crippen LogP contribution in [-0.4, -0.2) is 57.3 Å². The van der Waals surface area contributed by atoms with Gasteiger partial charge in [-0.25, -0.2) is 4.79 Å². The van der Waals surface area contributed by atoms with Gasteiger partial charge in [-0.15, -0.1) is 0 Å². The van der Waals surface area contributed by atoms with Crippen LogP contribution in [0, 0.1) is 10.7 Å². The molecule has 0 aliphatic rings. The smallest absolute Gasteiger partial charge is 1.00 e. The molecule has 6 N–H and O–H groups in total. The van der Waals surface area contributed by atoms with E-state index in [0.717, 1.165) is 9.64 Å². The maximum atomic E-state index is 11.6. The number of Topliss-reactive ketones (excluding diaryl/α,β-unsaturated/α-hetero) is 1. The zero-order chi connectivity index (χ0) is 25.0. The summed E-state index contributed by atoms with van der Waals surface area (Å²) in [4.78, 5) is 33.6. The number of phenols is 1. The van der Waals surface area contributed by atoms with E-state index in [2.05, 4.69) is 33.2 Å². The molecule has 0 heterocycles. The predicted molar refractivity (Wildman–Crippen MR) is 145 cm³/mol. The summed E-state index contributed by atoms with van der Waals surface area (Å²) >= 11 is 0.812. The number of ketones is 1. The number of carbonyl (C=O) groups is 3. The largest absolute Gasteiger partial charge is 1.00 e. The van der Waals surface area contributed by atoms with E-state index in [-0.39, 0.29) is 48.0 Å². The molecular weight excluding hydrogens is 851 g/mol. The van der Waals surface area contributed by atoms with Crippen molar-refractivity contribution >= 4 is 115 Å². The molecule has 0 saturated heterocycles. The van der Waals surface area contributed by atoms with E-state index in [0.29, 0.717) is 18.4 Å². The number of nitrogens with one attached hydrogen (secondary N) is 2. The molecule has 1 amide bonds. The van der Waals surface area contributed by atoms with Gasteiger partial charge in [-0.1, -0.05) is 0 Å². The molecule has 0 aromatic heterocycles. The van der Waals surface area contributed by atoms with Crippen LogP contribution in [0.1, 0.15) is 36.0 Å². The minimum atomic E-state index is -5.15. The van der Waals surface area contributed by atoms with Crippen molar-refractivity contribution in [3.05, 3.63) is 40.0 Å².